The van der Waals surface area contributed by atoms with Crippen LogP contribution in [0, 0.1) is 0 Å². The van der Waals surface area contributed by atoms with E-state index in [-0.39, 0.29) is 12.3 Å². The number of benzene rings is 1. The Morgan fingerprint density at radius 1 is 1.25 bits per heavy atom. The van der Waals surface area contributed by atoms with Crippen LogP contribution in [0.2, 0.25) is 0 Å². The first-order valence-corrected chi connectivity index (χ1v) is 7.72. The molecule has 0 aromatic heterocycles. The zero-order chi connectivity index (χ0) is 17.9. The van der Waals surface area contributed by atoms with Crippen molar-refractivity contribution in [1.82, 2.24) is 4.90 Å². The van der Waals surface area contributed by atoms with Gasteiger partial charge in [-0.15, -0.1) is 0 Å². The standard InChI is InChI=1S/C17H23NO6/c1-10(22-2)17(21)18-6-5-11-7-14(23-3)15(24-4)8-12(11)13(18)9-16(19)20/h7-8,10,13H,5-6,9H2,1-4H3,(H,19,20). The number of hydrogen-bond donors (Lipinski definition) is 1. The Morgan fingerprint density at radius 3 is 2.42 bits per heavy atom. The number of hydrogen-bond acceptors (Lipinski definition) is 5. The highest BCUT2D eigenvalue weighted by Gasteiger charge is 2.35. The number of carboxylic acids is 1. The van der Waals surface area contributed by atoms with E-state index in [9.17, 15) is 14.7 Å². The van der Waals surface area contributed by atoms with Crippen molar-refractivity contribution in [3.05, 3.63) is 23.3 Å². The van der Waals surface area contributed by atoms with Crippen molar-refractivity contribution in [2.24, 2.45) is 0 Å². The predicted molar refractivity (Wildman–Crippen MR) is 86.4 cm³/mol. The molecule has 7 nitrogen and oxygen atoms in total. The first kappa shape index (κ1) is 18.1. The molecule has 0 saturated carbocycles. The number of carbonyl (C=O) groups is 2. The van der Waals surface area contributed by atoms with Crippen LogP contribution in [0.1, 0.15) is 30.5 Å². The maximum Gasteiger partial charge on any atom is 0.305 e. The first-order chi connectivity index (χ1) is 11.4. The van der Waals surface area contributed by atoms with Crippen LogP contribution < -0.4 is 9.47 Å². The van der Waals surface area contributed by atoms with Crippen LogP contribution in [0.4, 0.5) is 0 Å². The molecule has 2 unspecified atom stereocenters. The molecule has 1 heterocycles. The lowest BCUT2D eigenvalue weighted by Gasteiger charge is -2.38. The van der Waals surface area contributed by atoms with E-state index < -0.39 is 18.1 Å². The van der Waals surface area contributed by atoms with E-state index in [1.165, 1.54) is 14.2 Å². The second-order valence-electron chi connectivity index (χ2n) is 5.68. The summed E-state index contributed by atoms with van der Waals surface area (Å²) in [6, 6.07) is 3.06. The minimum atomic E-state index is -0.967. The number of aliphatic carboxylic acids is 1. The lowest BCUT2D eigenvalue weighted by Crippen LogP contribution is -2.45. The van der Waals surface area contributed by atoms with Crippen molar-refractivity contribution in [2.75, 3.05) is 27.9 Å². The van der Waals surface area contributed by atoms with Gasteiger partial charge < -0.3 is 24.2 Å². The predicted octanol–water partition coefficient (Wildman–Crippen LogP) is 1.64. The Hall–Kier alpha value is -2.28. The second kappa shape index (κ2) is 7.53. The van der Waals surface area contributed by atoms with Gasteiger partial charge in [0.15, 0.2) is 11.5 Å². The maximum absolute atomic E-state index is 12.6. The molecule has 7 heteroatoms. The average molecular weight is 337 g/mol. The summed E-state index contributed by atoms with van der Waals surface area (Å²) in [7, 11) is 4.54. The molecule has 1 aromatic carbocycles. The van der Waals surface area contributed by atoms with E-state index in [2.05, 4.69) is 0 Å². The number of amides is 1. The Morgan fingerprint density at radius 2 is 1.88 bits per heavy atom. The summed E-state index contributed by atoms with van der Waals surface area (Å²) >= 11 is 0. The molecule has 1 N–H and O–H groups in total. The van der Waals surface area contributed by atoms with E-state index in [1.807, 2.05) is 6.07 Å². The van der Waals surface area contributed by atoms with E-state index in [0.717, 1.165) is 11.1 Å². The first-order valence-electron chi connectivity index (χ1n) is 7.72. The molecule has 0 fully saturated rings. The summed E-state index contributed by atoms with van der Waals surface area (Å²) in [5, 5.41) is 9.29. The molecule has 2 atom stereocenters. The molecular formula is C17H23NO6. The highest BCUT2D eigenvalue weighted by Crippen LogP contribution is 2.39. The summed E-state index contributed by atoms with van der Waals surface area (Å²) < 4.78 is 15.7. The fourth-order valence-electron chi connectivity index (χ4n) is 3.01. The molecule has 24 heavy (non-hydrogen) atoms. The van der Waals surface area contributed by atoms with Gasteiger partial charge in [-0.2, -0.15) is 0 Å². The topological polar surface area (TPSA) is 85.3 Å². The van der Waals surface area contributed by atoms with Crippen LogP contribution in [-0.4, -0.2) is 55.9 Å². The summed E-state index contributed by atoms with van der Waals surface area (Å²) in [5.41, 5.74) is 1.74. The van der Waals surface area contributed by atoms with E-state index in [1.54, 1.807) is 25.0 Å². The number of ether oxygens (including phenoxy) is 3. The van der Waals surface area contributed by atoms with Crippen molar-refractivity contribution >= 4 is 11.9 Å². The molecule has 1 aromatic rings. The molecule has 0 aliphatic carbocycles. The molecule has 132 valence electrons. The largest absolute Gasteiger partial charge is 0.493 e. The van der Waals surface area contributed by atoms with Gasteiger partial charge in [-0.3, -0.25) is 9.59 Å². The molecule has 1 aliphatic rings. The summed E-state index contributed by atoms with van der Waals surface area (Å²) in [4.78, 5) is 25.5. The van der Waals surface area contributed by atoms with Gasteiger partial charge >= 0.3 is 5.97 Å². The smallest absolute Gasteiger partial charge is 0.305 e. The Labute approximate surface area is 141 Å². The van der Waals surface area contributed by atoms with Gasteiger partial charge in [0.1, 0.15) is 6.10 Å². The van der Waals surface area contributed by atoms with Crippen molar-refractivity contribution < 1.29 is 28.9 Å². The molecule has 1 aliphatic heterocycles. The van der Waals surface area contributed by atoms with Crippen molar-refractivity contribution in [3.63, 3.8) is 0 Å². The minimum absolute atomic E-state index is 0.176. The third-order valence-electron chi connectivity index (χ3n) is 4.36. The zero-order valence-corrected chi connectivity index (χ0v) is 14.4. The van der Waals surface area contributed by atoms with Gasteiger partial charge in [-0.1, -0.05) is 0 Å². The number of rotatable bonds is 6. The zero-order valence-electron chi connectivity index (χ0n) is 14.4. The molecule has 0 spiro atoms. The molecule has 0 saturated heterocycles. The van der Waals surface area contributed by atoms with Crippen LogP contribution >= 0.6 is 0 Å². The Balaban J connectivity index is 2.47. The molecular weight excluding hydrogens is 314 g/mol. The minimum Gasteiger partial charge on any atom is -0.493 e. The van der Waals surface area contributed by atoms with Crippen LogP contribution in [0.25, 0.3) is 0 Å². The lowest BCUT2D eigenvalue weighted by molar-refractivity contribution is -0.147. The van der Waals surface area contributed by atoms with E-state index in [0.29, 0.717) is 24.5 Å². The van der Waals surface area contributed by atoms with Gasteiger partial charge in [0, 0.05) is 13.7 Å². The third-order valence-corrected chi connectivity index (χ3v) is 4.36. The monoisotopic (exact) mass is 337 g/mol. The average Bonchev–Trinajstić information content (AvgIpc) is 2.58. The number of carboxylic acid groups (broad SMARTS) is 1. The quantitative estimate of drug-likeness (QED) is 0.849. The molecule has 0 bridgehead atoms. The Bertz CT molecular complexity index is 630. The van der Waals surface area contributed by atoms with Gasteiger partial charge in [0.2, 0.25) is 0 Å². The fraction of sp³-hybridized carbons (Fsp3) is 0.529. The molecule has 2 rings (SSSR count). The summed E-state index contributed by atoms with van der Waals surface area (Å²) in [5.74, 6) is -0.0780. The van der Waals surface area contributed by atoms with Crippen molar-refractivity contribution in [2.45, 2.75) is 31.9 Å². The number of nitrogens with zero attached hydrogens (tertiary/aromatic N) is 1. The number of fused-ring (bicyclic) bond motifs is 1. The van der Waals surface area contributed by atoms with Crippen LogP contribution in [-0.2, 0) is 20.7 Å². The van der Waals surface area contributed by atoms with Crippen LogP contribution in [0.3, 0.4) is 0 Å². The van der Waals surface area contributed by atoms with E-state index >= 15 is 0 Å². The maximum atomic E-state index is 12.6. The van der Waals surface area contributed by atoms with Crippen molar-refractivity contribution in [1.29, 1.82) is 0 Å². The van der Waals surface area contributed by atoms with Gasteiger partial charge in [-0.25, -0.2) is 0 Å². The Kier molecular flexibility index (Phi) is 5.66. The van der Waals surface area contributed by atoms with Crippen molar-refractivity contribution in [3.8, 4) is 11.5 Å². The molecule has 0 radical (unpaired) electrons. The van der Waals surface area contributed by atoms with Gasteiger partial charge in [0.25, 0.3) is 5.91 Å². The molecule has 1 amide bonds. The van der Waals surface area contributed by atoms with Crippen LogP contribution in [0.15, 0.2) is 12.1 Å². The van der Waals surface area contributed by atoms with Gasteiger partial charge in [-0.05, 0) is 36.6 Å². The van der Waals surface area contributed by atoms with Gasteiger partial charge in [0.05, 0.1) is 26.7 Å². The highest BCUT2D eigenvalue weighted by molar-refractivity contribution is 5.82. The summed E-state index contributed by atoms with van der Waals surface area (Å²) in [6.07, 6.45) is -0.179. The normalized spacial score (nSPS) is 17.8. The summed E-state index contributed by atoms with van der Waals surface area (Å²) in [6.45, 7) is 2.09. The SMILES string of the molecule is COc1cc2c(cc1OC)C(CC(=O)O)N(C(=O)C(C)OC)CC2. The van der Waals surface area contributed by atoms with Crippen LogP contribution in [0.5, 0.6) is 11.5 Å². The number of methoxy groups -OCH3 is 3. The fourth-order valence-corrected chi connectivity index (χ4v) is 3.01. The second-order valence-corrected chi connectivity index (χ2v) is 5.68. The third kappa shape index (κ3) is 3.46. The lowest BCUT2D eigenvalue weighted by atomic mass is 9.89. The number of carbonyl (C=O) groups excluding carboxylic acids is 1. The van der Waals surface area contributed by atoms with E-state index in [4.69, 9.17) is 14.2 Å². The highest BCUT2D eigenvalue weighted by atomic mass is 16.5.